The topological polar surface area (TPSA) is 60.9 Å². The number of ketones is 1. The summed E-state index contributed by atoms with van der Waals surface area (Å²) in [4.78, 5) is 17.1. The zero-order valence-electron chi connectivity index (χ0n) is 13.2. The molecule has 2 aromatic heterocycles. The Kier molecular flexibility index (Phi) is 3.18. The third-order valence-corrected chi connectivity index (χ3v) is 4.65. The third kappa shape index (κ3) is 2.13. The van der Waals surface area contributed by atoms with Gasteiger partial charge < -0.3 is 10.3 Å². The number of para-hydroxylation sites is 1. The van der Waals surface area contributed by atoms with E-state index in [2.05, 4.69) is 0 Å². The maximum Gasteiger partial charge on any atom is 0.178 e. The van der Waals surface area contributed by atoms with Crippen LogP contribution in [-0.4, -0.2) is 15.3 Å². The van der Waals surface area contributed by atoms with Crippen LogP contribution in [-0.2, 0) is 12.8 Å². The van der Waals surface area contributed by atoms with Crippen LogP contribution < -0.4 is 5.73 Å². The molecule has 2 N–H and O–H groups in total. The summed E-state index contributed by atoms with van der Waals surface area (Å²) in [5.74, 6) is 0.00603. The van der Waals surface area contributed by atoms with Gasteiger partial charge in [-0.15, -0.1) is 0 Å². The van der Waals surface area contributed by atoms with Crippen LogP contribution in [0.1, 0.15) is 41.5 Å². The van der Waals surface area contributed by atoms with E-state index in [0.717, 1.165) is 53.7 Å². The fraction of sp³-hybridized carbons (Fsp3) is 0.263. The van der Waals surface area contributed by atoms with Crippen LogP contribution in [0.15, 0.2) is 36.5 Å². The number of carbonyl (C=O) groups is 1. The van der Waals surface area contributed by atoms with Crippen molar-refractivity contribution in [2.75, 3.05) is 5.73 Å². The van der Waals surface area contributed by atoms with E-state index in [4.69, 9.17) is 10.7 Å². The molecular weight excluding hydrogens is 286 g/mol. The second-order valence-electron chi connectivity index (χ2n) is 6.16. The number of hydrogen-bond acceptors (Lipinski definition) is 3. The number of carbonyl (C=O) groups excluding carboxylic acids is 1. The number of benzene rings is 1. The molecule has 0 spiro atoms. The van der Waals surface area contributed by atoms with E-state index in [-0.39, 0.29) is 5.78 Å². The molecule has 0 fully saturated rings. The molecule has 0 saturated carbocycles. The summed E-state index contributed by atoms with van der Waals surface area (Å²) >= 11 is 0. The van der Waals surface area contributed by atoms with E-state index in [9.17, 15) is 4.79 Å². The highest BCUT2D eigenvalue weighted by atomic mass is 16.1. The van der Waals surface area contributed by atoms with Crippen molar-refractivity contribution in [2.24, 2.45) is 0 Å². The predicted molar refractivity (Wildman–Crippen MR) is 92.1 cm³/mol. The van der Waals surface area contributed by atoms with E-state index in [1.165, 1.54) is 5.56 Å². The van der Waals surface area contributed by atoms with Crippen LogP contribution in [0, 0.1) is 0 Å². The van der Waals surface area contributed by atoms with Crippen LogP contribution in [0.3, 0.4) is 0 Å². The van der Waals surface area contributed by atoms with E-state index in [1.54, 1.807) is 6.92 Å². The lowest BCUT2D eigenvalue weighted by molar-refractivity contribution is 0.101. The molecule has 3 aromatic rings. The van der Waals surface area contributed by atoms with Crippen LogP contribution in [0.2, 0.25) is 0 Å². The average molecular weight is 305 g/mol. The Morgan fingerprint density at radius 3 is 2.65 bits per heavy atom. The Bertz CT molecular complexity index is 910. The zero-order valence-corrected chi connectivity index (χ0v) is 13.2. The van der Waals surface area contributed by atoms with Crippen LogP contribution in [0.4, 0.5) is 5.69 Å². The second-order valence-corrected chi connectivity index (χ2v) is 6.16. The van der Waals surface area contributed by atoms with Gasteiger partial charge in [0.05, 0.1) is 0 Å². The highest BCUT2D eigenvalue weighted by molar-refractivity contribution is 6.08. The molecule has 116 valence electrons. The van der Waals surface area contributed by atoms with Gasteiger partial charge in [0.25, 0.3) is 0 Å². The zero-order chi connectivity index (χ0) is 16.0. The first-order chi connectivity index (χ1) is 11.2. The van der Waals surface area contributed by atoms with Crippen molar-refractivity contribution in [1.82, 2.24) is 9.55 Å². The summed E-state index contributed by atoms with van der Waals surface area (Å²) in [5.41, 5.74) is 11.8. The fourth-order valence-corrected chi connectivity index (χ4v) is 3.54. The van der Waals surface area contributed by atoms with Crippen LogP contribution in [0.5, 0.6) is 0 Å². The minimum absolute atomic E-state index is 0.00603. The molecule has 0 radical (unpaired) electrons. The number of aryl methyl sites for hydroxylation is 1. The monoisotopic (exact) mass is 305 g/mol. The molecule has 1 aromatic carbocycles. The fourth-order valence-electron chi connectivity index (χ4n) is 3.54. The summed E-state index contributed by atoms with van der Waals surface area (Å²) in [7, 11) is 0. The average Bonchev–Trinajstić information content (AvgIpc) is 2.96. The molecule has 0 bridgehead atoms. The number of anilines is 1. The van der Waals surface area contributed by atoms with Gasteiger partial charge in [-0.2, -0.15) is 0 Å². The van der Waals surface area contributed by atoms with Crippen molar-refractivity contribution < 1.29 is 4.79 Å². The molecule has 23 heavy (non-hydrogen) atoms. The molecule has 0 amide bonds. The molecule has 1 aliphatic carbocycles. The van der Waals surface area contributed by atoms with Gasteiger partial charge in [0.1, 0.15) is 11.2 Å². The number of nitrogen functional groups attached to an aromatic ring is 1. The van der Waals surface area contributed by atoms with Gasteiger partial charge in [-0.25, -0.2) is 4.98 Å². The summed E-state index contributed by atoms with van der Waals surface area (Å²) in [5, 5.41) is 0.889. The number of hydrogen-bond donors (Lipinski definition) is 1. The van der Waals surface area contributed by atoms with Gasteiger partial charge in [-0.1, -0.05) is 18.2 Å². The van der Waals surface area contributed by atoms with Gasteiger partial charge in [0.2, 0.25) is 0 Å². The summed E-state index contributed by atoms with van der Waals surface area (Å²) in [6.07, 6.45) is 6.18. The standard InChI is InChI=1S/C19H19N3O/c1-12(23)19-18-15(11-22(19)13-7-3-2-4-8-13)17(20)14-9-5-6-10-16(14)21-18/h2-4,7-8,11H,5-6,9-10,20H2,1H3. The van der Waals surface area contributed by atoms with Gasteiger partial charge in [-0.3, -0.25) is 4.79 Å². The lowest BCUT2D eigenvalue weighted by Gasteiger charge is -2.17. The quantitative estimate of drug-likeness (QED) is 0.735. The molecule has 2 heterocycles. The third-order valence-electron chi connectivity index (χ3n) is 4.65. The first-order valence-corrected chi connectivity index (χ1v) is 8.05. The summed E-state index contributed by atoms with van der Waals surface area (Å²) in [6, 6.07) is 9.87. The minimum atomic E-state index is 0.00603. The van der Waals surface area contributed by atoms with Gasteiger partial charge >= 0.3 is 0 Å². The molecular formula is C19H19N3O. The summed E-state index contributed by atoms with van der Waals surface area (Å²) < 4.78 is 1.92. The number of fused-ring (bicyclic) bond motifs is 2. The van der Waals surface area contributed by atoms with Crippen molar-refractivity contribution in [2.45, 2.75) is 32.6 Å². The van der Waals surface area contributed by atoms with E-state index >= 15 is 0 Å². The van der Waals surface area contributed by atoms with E-state index in [1.807, 2.05) is 41.1 Å². The van der Waals surface area contributed by atoms with Gasteiger partial charge in [0, 0.05) is 35.6 Å². The van der Waals surface area contributed by atoms with Crippen molar-refractivity contribution in [3.05, 3.63) is 53.5 Å². The molecule has 4 heteroatoms. The SMILES string of the molecule is CC(=O)c1c2nc3c(c(N)c2cn1-c1ccccc1)CCCC3. The Hall–Kier alpha value is -2.62. The smallest absolute Gasteiger partial charge is 0.178 e. The Morgan fingerprint density at radius 2 is 1.91 bits per heavy atom. The maximum atomic E-state index is 12.3. The first kappa shape index (κ1) is 14.0. The minimum Gasteiger partial charge on any atom is -0.398 e. The predicted octanol–water partition coefficient (Wildman–Crippen LogP) is 3.69. The highest BCUT2D eigenvalue weighted by Gasteiger charge is 2.22. The first-order valence-electron chi connectivity index (χ1n) is 8.05. The maximum absolute atomic E-state index is 12.3. The van der Waals surface area contributed by atoms with Gasteiger partial charge in [0.15, 0.2) is 5.78 Å². The van der Waals surface area contributed by atoms with Gasteiger partial charge in [-0.05, 0) is 43.4 Å². The molecule has 4 nitrogen and oxygen atoms in total. The second kappa shape index (κ2) is 5.23. The highest BCUT2D eigenvalue weighted by Crippen LogP contribution is 2.34. The number of pyridine rings is 1. The molecule has 0 unspecified atom stereocenters. The van der Waals surface area contributed by atoms with Crippen LogP contribution in [0.25, 0.3) is 16.6 Å². The van der Waals surface area contributed by atoms with Crippen molar-refractivity contribution in [3.8, 4) is 5.69 Å². The number of rotatable bonds is 2. The Labute approximate surface area is 134 Å². The van der Waals surface area contributed by atoms with Crippen LogP contribution >= 0.6 is 0 Å². The number of aromatic nitrogens is 2. The lowest BCUT2D eigenvalue weighted by Crippen LogP contribution is -2.10. The Balaban J connectivity index is 2.07. The molecule has 0 atom stereocenters. The normalized spacial score (nSPS) is 14.0. The van der Waals surface area contributed by atoms with Crippen molar-refractivity contribution in [3.63, 3.8) is 0 Å². The van der Waals surface area contributed by atoms with Crippen molar-refractivity contribution in [1.29, 1.82) is 0 Å². The van der Waals surface area contributed by atoms with E-state index in [0.29, 0.717) is 5.69 Å². The number of nitrogens with zero attached hydrogens (tertiary/aromatic N) is 2. The number of nitrogens with two attached hydrogens (primary N) is 1. The Morgan fingerprint density at radius 1 is 1.17 bits per heavy atom. The molecule has 0 aliphatic heterocycles. The number of Topliss-reactive ketones (excluding diaryl/α,β-unsaturated/α-hetero) is 1. The molecule has 0 saturated heterocycles. The molecule has 1 aliphatic rings. The molecule has 4 rings (SSSR count). The largest absolute Gasteiger partial charge is 0.398 e. The van der Waals surface area contributed by atoms with E-state index < -0.39 is 0 Å². The lowest BCUT2D eigenvalue weighted by atomic mass is 9.93. The summed E-state index contributed by atoms with van der Waals surface area (Å²) in [6.45, 7) is 1.59. The van der Waals surface area contributed by atoms with Crippen molar-refractivity contribution >= 4 is 22.4 Å².